The zero-order valence-corrected chi connectivity index (χ0v) is 15.1. The monoisotopic (exact) mass is 362 g/mol. The molecule has 25 heavy (non-hydrogen) atoms. The Kier molecular flexibility index (Phi) is 5.60. The molecule has 2 heterocycles. The highest BCUT2D eigenvalue weighted by Gasteiger charge is 2.22. The molecule has 2 amide bonds. The molecule has 0 aliphatic carbocycles. The first kappa shape index (κ1) is 17.8. The minimum atomic E-state index is 0.00206. The summed E-state index contributed by atoms with van der Waals surface area (Å²) in [4.78, 5) is 25.9. The van der Waals surface area contributed by atoms with Crippen LogP contribution >= 0.6 is 11.6 Å². The summed E-state index contributed by atoms with van der Waals surface area (Å²) in [6.07, 6.45) is 3.63. The van der Waals surface area contributed by atoms with E-state index in [2.05, 4.69) is 15.5 Å². The number of fused-ring (bicyclic) bond motifs is 1. The van der Waals surface area contributed by atoms with Gasteiger partial charge in [0.05, 0.1) is 6.54 Å². The average Bonchev–Trinajstić information content (AvgIpc) is 2.98. The molecule has 0 bridgehead atoms. The summed E-state index contributed by atoms with van der Waals surface area (Å²) >= 11 is 6.05. The molecule has 1 aromatic carbocycles. The van der Waals surface area contributed by atoms with E-state index in [-0.39, 0.29) is 24.4 Å². The van der Waals surface area contributed by atoms with Gasteiger partial charge in [-0.2, -0.15) is 0 Å². The van der Waals surface area contributed by atoms with Crippen molar-refractivity contribution in [2.45, 2.75) is 25.4 Å². The maximum atomic E-state index is 12.4. The van der Waals surface area contributed by atoms with E-state index in [4.69, 9.17) is 11.6 Å². The molecule has 0 saturated carbocycles. The Hall–Kier alpha value is -2.05. The molecule has 0 spiro atoms. The van der Waals surface area contributed by atoms with Crippen molar-refractivity contribution in [3.8, 4) is 0 Å². The summed E-state index contributed by atoms with van der Waals surface area (Å²) in [6, 6.07) is 7.83. The molecule has 1 saturated heterocycles. The van der Waals surface area contributed by atoms with E-state index < -0.39 is 0 Å². The zero-order chi connectivity index (χ0) is 17.8. The summed E-state index contributed by atoms with van der Waals surface area (Å²) in [7, 11) is 1.65. The predicted octanol–water partition coefficient (Wildman–Crippen LogP) is 1.62. The molecule has 1 aliphatic rings. The largest absolute Gasteiger partial charge is 0.358 e. The van der Waals surface area contributed by atoms with Crippen molar-refractivity contribution in [3.05, 3.63) is 35.5 Å². The Morgan fingerprint density at radius 1 is 1.16 bits per heavy atom. The summed E-state index contributed by atoms with van der Waals surface area (Å²) in [5, 5.41) is 7.47. The van der Waals surface area contributed by atoms with Crippen molar-refractivity contribution in [3.63, 3.8) is 0 Å². The number of carbonyl (C=O) groups excluding carboxylic acids is 2. The Morgan fingerprint density at radius 3 is 2.64 bits per heavy atom. The number of benzene rings is 1. The third-order valence-corrected chi connectivity index (χ3v) is 4.88. The minimum absolute atomic E-state index is 0.00206. The van der Waals surface area contributed by atoms with Gasteiger partial charge in [0, 0.05) is 42.9 Å². The van der Waals surface area contributed by atoms with E-state index >= 15 is 0 Å². The molecule has 134 valence electrons. The van der Waals surface area contributed by atoms with Crippen LogP contribution in [0.15, 0.2) is 30.5 Å². The fourth-order valence-electron chi connectivity index (χ4n) is 3.24. The Bertz CT molecular complexity index is 766. The second-order valence-corrected chi connectivity index (χ2v) is 6.87. The number of likely N-dealkylation sites (N-methyl/N-ethyl adjacent to an activating group) is 1. The number of rotatable bonds is 5. The first-order valence-corrected chi connectivity index (χ1v) is 8.89. The van der Waals surface area contributed by atoms with E-state index in [1.54, 1.807) is 7.05 Å². The maximum absolute atomic E-state index is 12.4. The van der Waals surface area contributed by atoms with Crippen LogP contribution in [0.25, 0.3) is 10.9 Å². The number of nitrogens with one attached hydrogen (secondary N) is 2. The smallest absolute Gasteiger partial charge is 0.240 e. The number of amides is 2. The van der Waals surface area contributed by atoms with Crippen LogP contribution in [0.1, 0.15) is 12.8 Å². The lowest BCUT2D eigenvalue weighted by molar-refractivity contribution is -0.124. The minimum Gasteiger partial charge on any atom is -0.358 e. The highest BCUT2D eigenvalue weighted by Crippen LogP contribution is 2.20. The quantitative estimate of drug-likeness (QED) is 0.849. The van der Waals surface area contributed by atoms with Crippen LogP contribution < -0.4 is 10.6 Å². The standard InChI is InChI=1S/C18H23ClN4O2/c1-20-17(24)11-22-7-5-15(6-8-22)21-18(25)12-23-9-4-13-2-3-14(19)10-16(13)23/h2-4,9-10,15H,5-8,11-12H2,1H3,(H,20,24)(H,21,25). The van der Waals surface area contributed by atoms with Crippen LogP contribution in [-0.2, 0) is 16.1 Å². The van der Waals surface area contributed by atoms with E-state index in [1.165, 1.54) is 0 Å². The SMILES string of the molecule is CNC(=O)CN1CCC(NC(=O)Cn2ccc3ccc(Cl)cc32)CC1. The van der Waals surface area contributed by atoms with Gasteiger partial charge in [-0.25, -0.2) is 0 Å². The first-order valence-electron chi connectivity index (χ1n) is 8.52. The number of aromatic nitrogens is 1. The molecular weight excluding hydrogens is 340 g/mol. The van der Waals surface area contributed by atoms with Crippen LogP contribution in [-0.4, -0.2) is 54.0 Å². The van der Waals surface area contributed by atoms with Crippen molar-refractivity contribution in [2.75, 3.05) is 26.7 Å². The van der Waals surface area contributed by atoms with Gasteiger partial charge >= 0.3 is 0 Å². The van der Waals surface area contributed by atoms with Crippen molar-refractivity contribution >= 4 is 34.3 Å². The van der Waals surface area contributed by atoms with Gasteiger partial charge < -0.3 is 15.2 Å². The highest BCUT2D eigenvalue weighted by molar-refractivity contribution is 6.31. The molecule has 0 radical (unpaired) electrons. The molecular formula is C18H23ClN4O2. The van der Waals surface area contributed by atoms with Crippen molar-refractivity contribution in [2.24, 2.45) is 0 Å². The normalized spacial score (nSPS) is 16.1. The number of nitrogens with zero attached hydrogens (tertiary/aromatic N) is 2. The fraction of sp³-hybridized carbons (Fsp3) is 0.444. The van der Waals surface area contributed by atoms with Gasteiger partial charge in [-0.1, -0.05) is 17.7 Å². The predicted molar refractivity (Wildman–Crippen MR) is 98.6 cm³/mol. The van der Waals surface area contributed by atoms with E-state index in [1.807, 2.05) is 35.0 Å². The summed E-state index contributed by atoms with van der Waals surface area (Å²) in [5.74, 6) is 0.0304. The van der Waals surface area contributed by atoms with Crippen LogP contribution in [0.3, 0.4) is 0 Å². The van der Waals surface area contributed by atoms with Gasteiger partial charge in [0.15, 0.2) is 0 Å². The van der Waals surface area contributed by atoms with Crippen molar-refractivity contribution < 1.29 is 9.59 Å². The zero-order valence-electron chi connectivity index (χ0n) is 14.3. The Balaban J connectivity index is 1.51. The summed E-state index contributed by atoms with van der Waals surface area (Å²) < 4.78 is 1.91. The lowest BCUT2D eigenvalue weighted by Gasteiger charge is -2.31. The molecule has 1 aliphatic heterocycles. The maximum Gasteiger partial charge on any atom is 0.240 e. The number of piperidine rings is 1. The van der Waals surface area contributed by atoms with Gasteiger partial charge in [0.2, 0.25) is 11.8 Å². The average molecular weight is 363 g/mol. The topological polar surface area (TPSA) is 66.4 Å². The number of hydrogen-bond donors (Lipinski definition) is 2. The second-order valence-electron chi connectivity index (χ2n) is 6.44. The van der Waals surface area contributed by atoms with Crippen LogP contribution in [0, 0.1) is 0 Å². The van der Waals surface area contributed by atoms with Gasteiger partial charge in [0.25, 0.3) is 0 Å². The summed E-state index contributed by atoms with van der Waals surface area (Å²) in [6.45, 7) is 2.34. The molecule has 1 fully saturated rings. The number of hydrogen-bond acceptors (Lipinski definition) is 3. The lowest BCUT2D eigenvalue weighted by atomic mass is 10.1. The molecule has 2 N–H and O–H groups in total. The van der Waals surface area contributed by atoms with Gasteiger partial charge in [-0.15, -0.1) is 0 Å². The first-order chi connectivity index (χ1) is 12.0. The van der Waals surface area contributed by atoms with Gasteiger partial charge in [-0.05, 0) is 36.4 Å². The molecule has 6 nitrogen and oxygen atoms in total. The molecule has 2 aromatic rings. The fourth-order valence-corrected chi connectivity index (χ4v) is 3.41. The number of carbonyl (C=O) groups is 2. The third kappa shape index (κ3) is 4.52. The lowest BCUT2D eigenvalue weighted by Crippen LogP contribution is -2.47. The number of likely N-dealkylation sites (tertiary alicyclic amines) is 1. The van der Waals surface area contributed by atoms with E-state index in [9.17, 15) is 9.59 Å². The van der Waals surface area contributed by atoms with Gasteiger partial charge in [0.1, 0.15) is 6.54 Å². The van der Waals surface area contributed by atoms with Crippen molar-refractivity contribution in [1.82, 2.24) is 20.1 Å². The van der Waals surface area contributed by atoms with E-state index in [0.29, 0.717) is 11.6 Å². The highest BCUT2D eigenvalue weighted by atomic mass is 35.5. The van der Waals surface area contributed by atoms with Crippen molar-refractivity contribution in [1.29, 1.82) is 0 Å². The van der Waals surface area contributed by atoms with E-state index in [0.717, 1.165) is 36.8 Å². The molecule has 0 unspecified atom stereocenters. The molecule has 7 heteroatoms. The van der Waals surface area contributed by atoms with Crippen LogP contribution in [0.5, 0.6) is 0 Å². The molecule has 3 rings (SSSR count). The Labute approximate surface area is 152 Å². The Morgan fingerprint density at radius 2 is 1.92 bits per heavy atom. The number of halogens is 1. The second kappa shape index (κ2) is 7.89. The van der Waals surface area contributed by atoms with Crippen LogP contribution in [0.2, 0.25) is 5.02 Å². The molecule has 0 atom stereocenters. The summed E-state index contributed by atoms with van der Waals surface area (Å²) in [5.41, 5.74) is 0.961. The molecule has 1 aromatic heterocycles. The third-order valence-electron chi connectivity index (χ3n) is 4.65. The van der Waals surface area contributed by atoms with Crippen LogP contribution in [0.4, 0.5) is 0 Å². The van der Waals surface area contributed by atoms with Gasteiger partial charge in [-0.3, -0.25) is 14.5 Å².